The Hall–Kier alpha value is -6.77. The van der Waals surface area contributed by atoms with Crippen molar-refractivity contribution in [1.82, 2.24) is 35.6 Å². The van der Waals surface area contributed by atoms with Crippen molar-refractivity contribution >= 4 is 73.4 Å². The molecule has 18 nitrogen and oxygen atoms in total. The molecule has 20 heteroatoms. The van der Waals surface area contributed by atoms with Gasteiger partial charge in [-0.25, -0.2) is 14.8 Å². The molecule has 1 aliphatic carbocycles. The predicted molar refractivity (Wildman–Crippen MR) is 279 cm³/mol. The minimum Gasteiger partial charge on any atom is -0.475 e. The number of pyridine rings is 1. The van der Waals surface area contributed by atoms with Crippen LogP contribution in [0, 0.1) is 19.3 Å². The topological polar surface area (TPSA) is 240 Å². The highest BCUT2D eigenvalue weighted by Crippen LogP contribution is 2.33. The lowest BCUT2D eigenvalue weighted by molar-refractivity contribution is -0.142. The number of hydrogen-bond donors (Lipinski definition) is 5. The van der Waals surface area contributed by atoms with E-state index in [0.717, 1.165) is 81.6 Å². The first-order chi connectivity index (χ1) is 35.1. The Morgan fingerprint density at radius 2 is 1.66 bits per heavy atom. The number of carbonyl (C=O) groups is 5. The number of aromatic nitrogens is 4. The summed E-state index contributed by atoms with van der Waals surface area (Å²) in [5, 5.41) is 26.5. The Morgan fingerprint density at radius 1 is 0.890 bits per heavy atom. The number of unbranched alkanes of at least 4 members (excludes halogenated alkanes) is 3. The first-order valence-corrected chi connectivity index (χ1v) is 26.6. The third-order valence-corrected chi connectivity index (χ3v) is 15.0. The Labute approximate surface area is 432 Å². The number of ether oxygens (including phenoxy) is 2. The quantitative estimate of drug-likeness (QED) is 0.0476. The molecule has 5 N–H and O–H groups in total. The van der Waals surface area contributed by atoms with Gasteiger partial charge in [0.15, 0.2) is 5.13 Å². The van der Waals surface area contributed by atoms with Gasteiger partial charge in [-0.05, 0) is 97.8 Å². The van der Waals surface area contributed by atoms with Crippen molar-refractivity contribution in [3.05, 3.63) is 89.0 Å². The number of likely N-dealkylation sites (tertiary alicyclic amines) is 1. The molecule has 3 atom stereocenters. The zero-order valence-corrected chi connectivity index (χ0v) is 43.5. The molecule has 5 amide bonds. The van der Waals surface area contributed by atoms with E-state index >= 15 is 0 Å². The number of anilines is 2. The van der Waals surface area contributed by atoms with Crippen molar-refractivity contribution in [3.8, 4) is 27.4 Å². The number of nitrogens with zero attached hydrogens (tertiary/aromatic N) is 5. The van der Waals surface area contributed by atoms with E-state index in [1.807, 2.05) is 62.4 Å². The molecule has 2 aliphatic rings. The summed E-state index contributed by atoms with van der Waals surface area (Å²) in [5.41, 5.74) is 7.66. The van der Waals surface area contributed by atoms with Crippen LogP contribution in [0.5, 0.6) is 5.88 Å². The second-order valence-electron chi connectivity index (χ2n) is 19.8. The minimum atomic E-state index is -1.07. The molecule has 8 rings (SSSR count). The van der Waals surface area contributed by atoms with Crippen LogP contribution in [0.25, 0.3) is 31.8 Å². The lowest BCUT2D eigenvalue weighted by atomic mass is 9.85. The summed E-state index contributed by atoms with van der Waals surface area (Å²) in [6, 6.07) is 14.9. The lowest BCUT2D eigenvalue weighted by Crippen LogP contribution is -2.57. The Morgan fingerprint density at radius 3 is 2.41 bits per heavy atom. The van der Waals surface area contributed by atoms with Crippen LogP contribution in [0.2, 0.25) is 0 Å². The fourth-order valence-electron chi connectivity index (χ4n) is 8.97. The van der Waals surface area contributed by atoms with Gasteiger partial charge in [0, 0.05) is 37.7 Å². The van der Waals surface area contributed by atoms with Gasteiger partial charge in [0.2, 0.25) is 23.5 Å². The smallest absolute Gasteiger partial charge is 0.411 e. The van der Waals surface area contributed by atoms with Gasteiger partial charge < -0.3 is 40.0 Å². The maximum Gasteiger partial charge on any atom is 0.411 e. The molecular weight excluding hydrogens is 971 g/mol. The van der Waals surface area contributed by atoms with Gasteiger partial charge in [-0.2, -0.15) is 0 Å². The van der Waals surface area contributed by atoms with Gasteiger partial charge in [-0.1, -0.05) is 81.7 Å². The number of nitrogens with one attached hydrogen (secondary N) is 4. The normalized spacial score (nSPS) is 16.5. The highest BCUT2D eigenvalue weighted by Gasteiger charge is 2.45. The van der Waals surface area contributed by atoms with Gasteiger partial charge >= 0.3 is 6.09 Å². The van der Waals surface area contributed by atoms with Crippen LogP contribution in [0.4, 0.5) is 15.6 Å². The van der Waals surface area contributed by atoms with Gasteiger partial charge in [0.05, 0.1) is 56.5 Å². The van der Waals surface area contributed by atoms with E-state index < -0.39 is 47.4 Å². The molecule has 6 aromatic rings. The van der Waals surface area contributed by atoms with E-state index in [1.165, 1.54) is 28.7 Å². The van der Waals surface area contributed by atoms with E-state index in [-0.39, 0.29) is 43.2 Å². The summed E-state index contributed by atoms with van der Waals surface area (Å²) in [7, 11) is 0. The largest absolute Gasteiger partial charge is 0.475 e. The van der Waals surface area contributed by atoms with Gasteiger partial charge in [0.25, 0.3) is 11.8 Å². The standard InChI is InChI=1S/C53H63N9O9S2/c1-31-40(58-52(68)70-38-13-9-8-10-14-38)23-36(28-54-31)35-20-21-39-43(24-35)73-51(57-39)59-44(64)15-11-6-7-12-22-69-45-26-42(71-61-45)49(66)60-47(53(3,4)5)50(67)62-29-37(63)25-41(62)48(65)55-27-33-16-18-34(19-17-33)46-32(2)56-30-72-46/h16-21,23-24,26,28,30,37-38,41,47,63H,6-15,22,25,27,29H2,1-5H3,(H,55,65)(H,58,68)(H,60,66)(H,57,59,64)/t37-,41+,47-/m1/s1. The summed E-state index contributed by atoms with van der Waals surface area (Å²) >= 11 is 2.95. The molecule has 0 spiro atoms. The average molecular weight is 1030 g/mol. The Kier molecular flexibility index (Phi) is 17.2. The van der Waals surface area contributed by atoms with E-state index in [1.54, 1.807) is 43.8 Å². The van der Waals surface area contributed by atoms with Gasteiger partial charge in [-0.15, -0.1) is 11.3 Å². The highest BCUT2D eigenvalue weighted by atomic mass is 32.1. The molecule has 386 valence electrons. The number of aliphatic hydroxyl groups excluding tert-OH is 1. The van der Waals surface area contributed by atoms with Gasteiger partial charge in [0.1, 0.15) is 18.2 Å². The summed E-state index contributed by atoms with van der Waals surface area (Å²) in [6.07, 6.45) is 8.74. The van der Waals surface area contributed by atoms with Crippen LogP contribution in [0.1, 0.15) is 119 Å². The molecule has 4 aromatic heterocycles. The fourth-order valence-corrected chi connectivity index (χ4v) is 10.7. The molecule has 1 aliphatic heterocycles. The number of β-amino-alcohol motifs (C(OH)–C–C–N with tert-alkyl or cyclic N) is 1. The maximum atomic E-state index is 14.1. The molecule has 0 unspecified atom stereocenters. The molecule has 2 aromatic carbocycles. The molecular formula is C53H63N9O9S2. The van der Waals surface area contributed by atoms with Crippen LogP contribution >= 0.6 is 22.7 Å². The number of benzene rings is 2. The number of amides is 5. The SMILES string of the molecule is Cc1ncc(-c2ccc3nc(NC(=O)CCCCCCOc4cc(C(=O)N[C@H](C(=O)N5C[C@H](O)C[C@H]5C(=O)NCc5ccc(-c6scnc6C)cc5)C(C)(C)C)on4)sc3c2)cc1NC(=O)OC1CCCCC1. The van der Waals surface area contributed by atoms with E-state index in [0.29, 0.717) is 42.4 Å². The molecule has 0 bridgehead atoms. The van der Waals surface area contributed by atoms with E-state index in [9.17, 15) is 29.1 Å². The van der Waals surface area contributed by atoms with Crippen molar-refractivity contribution in [2.75, 3.05) is 23.8 Å². The predicted octanol–water partition coefficient (Wildman–Crippen LogP) is 9.36. The van der Waals surface area contributed by atoms with Crippen LogP contribution in [-0.2, 0) is 25.7 Å². The Bertz CT molecular complexity index is 2900. The number of aryl methyl sites for hydroxylation is 2. The van der Waals surface area contributed by atoms with Gasteiger partial charge in [-0.3, -0.25) is 29.5 Å². The van der Waals surface area contributed by atoms with Crippen molar-refractivity contribution in [3.63, 3.8) is 0 Å². The van der Waals surface area contributed by atoms with E-state index in [4.69, 9.17) is 14.0 Å². The van der Waals surface area contributed by atoms with Crippen molar-refractivity contribution in [2.45, 2.75) is 136 Å². The van der Waals surface area contributed by atoms with Crippen LogP contribution in [0.15, 0.2) is 70.8 Å². The van der Waals surface area contributed by atoms with Crippen molar-refractivity contribution < 1.29 is 43.1 Å². The molecule has 5 heterocycles. The van der Waals surface area contributed by atoms with Crippen LogP contribution in [0.3, 0.4) is 0 Å². The zero-order valence-electron chi connectivity index (χ0n) is 41.8. The Balaban J connectivity index is 0.744. The third-order valence-electron chi connectivity index (χ3n) is 13.1. The maximum absolute atomic E-state index is 14.1. The molecule has 0 radical (unpaired) electrons. The second kappa shape index (κ2) is 23.8. The molecule has 73 heavy (non-hydrogen) atoms. The summed E-state index contributed by atoms with van der Waals surface area (Å²) in [4.78, 5) is 82.4. The minimum absolute atomic E-state index is 0.0514. The number of fused-ring (bicyclic) bond motifs is 1. The number of hydrogen-bond acceptors (Lipinski definition) is 15. The highest BCUT2D eigenvalue weighted by molar-refractivity contribution is 7.22. The average Bonchev–Trinajstić information content (AvgIpc) is 4.19. The monoisotopic (exact) mass is 1030 g/mol. The molecule has 2 fully saturated rings. The zero-order chi connectivity index (χ0) is 51.6. The summed E-state index contributed by atoms with van der Waals surface area (Å²) in [5.74, 6) is -1.75. The van der Waals surface area contributed by atoms with Crippen LogP contribution < -0.4 is 26.0 Å². The van der Waals surface area contributed by atoms with E-state index in [2.05, 4.69) is 41.4 Å². The number of thiazole rings is 2. The van der Waals surface area contributed by atoms with Crippen molar-refractivity contribution in [1.29, 1.82) is 0 Å². The fraction of sp³-hybridized carbons (Fsp3) is 0.453. The number of rotatable bonds is 19. The lowest BCUT2D eigenvalue weighted by Gasteiger charge is -2.35. The number of carbonyl (C=O) groups excluding carboxylic acids is 5. The first-order valence-electron chi connectivity index (χ1n) is 24.9. The third kappa shape index (κ3) is 13.8. The number of aliphatic hydroxyl groups is 1. The first kappa shape index (κ1) is 52.5. The molecule has 1 saturated carbocycles. The molecule has 1 saturated heterocycles. The summed E-state index contributed by atoms with van der Waals surface area (Å²) in [6.45, 7) is 9.68. The second-order valence-corrected chi connectivity index (χ2v) is 21.7. The summed E-state index contributed by atoms with van der Waals surface area (Å²) < 4.78 is 17.6. The van der Waals surface area contributed by atoms with Crippen molar-refractivity contribution in [2.24, 2.45) is 5.41 Å². The van der Waals surface area contributed by atoms with Crippen LogP contribution in [-0.4, -0.2) is 97.3 Å².